The molecule has 1 aliphatic heterocycles. The quantitative estimate of drug-likeness (QED) is 0.343. The zero-order valence-corrected chi connectivity index (χ0v) is 13.9. The van der Waals surface area contributed by atoms with E-state index in [2.05, 4.69) is 15.9 Å². The van der Waals surface area contributed by atoms with Gasteiger partial charge in [-0.05, 0) is 18.6 Å². The fraction of sp³-hybridized carbons (Fsp3) is 0.167. The summed E-state index contributed by atoms with van der Waals surface area (Å²) in [6.45, 7) is 2.22. The molecule has 110 valence electrons. The second kappa shape index (κ2) is 6.12. The van der Waals surface area contributed by atoms with Crippen LogP contribution in [0.3, 0.4) is 0 Å². The molecule has 2 rings (SSSR count). The Hall–Kier alpha value is -1.45. The maximum absolute atomic E-state index is 12.1. The zero-order chi connectivity index (χ0) is 15.7. The number of amides is 1. The van der Waals surface area contributed by atoms with Gasteiger partial charge in [0.15, 0.2) is 0 Å². The summed E-state index contributed by atoms with van der Waals surface area (Å²) >= 11 is 9.14. The Morgan fingerprint density at radius 2 is 2.19 bits per heavy atom. The number of non-ortho nitro benzene ring substituents is 1. The highest BCUT2D eigenvalue weighted by molar-refractivity contribution is 9.10. The molecule has 0 aliphatic carbocycles. The predicted octanol–water partition coefficient (Wildman–Crippen LogP) is 2.65. The largest absolute Gasteiger partial charge is 0.871 e. The predicted molar refractivity (Wildman–Crippen MR) is 85.8 cm³/mol. The topological polar surface area (TPSA) is 86.5 Å². The fourth-order valence-electron chi connectivity index (χ4n) is 1.73. The van der Waals surface area contributed by atoms with Crippen LogP contribution in [-0.2, 0) is 4.79 Å². The standard InChI is InChI=1S/C12H9BrN2O4S2/c1-2-14-11(17)9(21-12(14)20)4-6-3-7(15(18)19)5-8(13)10(6)16/h3-5,16H,2H2,1H3/p-1/b9-4+. The third-order valence-electron chi connectivity index (χ3n) is 2.74. The van der Waals surface area contributed by atoms with Gasteiger partial charge in [0.2, 0.25) is 0 Å². The van der Waals surface area contributed by atoms with E-state index in [0.717, 1.165) is 23.9 Å². The summed E-state index contributed by atoms with van der Waals surface area (Å²) in [7, 11) is 0. The van der Waals surface area contributed by atoms with Gasteiger partial charge in [-0.15, -0.1) is 0 Å². The van der Waals surface area contributed by atoms with E-state index < -0.39 is 10.7 Å². The summed E-state index contributed by atoms with van der Waals surface area (Å²) in [6.07, 6.45) is 1.34. The van der Waals surface area contributed by atoms with Crippen molar-refractivity contribution in [2.75, 3.05) is 6.54 Å². The zero-order valence-electron chi connectivity index (χ0n) is 10.7. The number of carbonyl (C=O) groups excluding carboxylic acids is 1. The molecular formula is C12H8BrN2O4S2-. The number of halogens is 1. The lowest BCUT2D eigenvalue weighted by molar-refractivity contribution is -0.385. The van der Waals surface area contributed by atoms with Gasteiger partial charge in [-0.3, -0.25) is 19.8 Å². The molecule has 0 spiro atoms. The number of likely N-dealkylation sites (N-methyl/N-ethyl adjacent to an activating group) is 1. The van der Waals surface area contributed by atoms with Gasteiger partial charge in [0, 0.05) is 23.2 Å². The summed E-state index contributed by atoms with van der Waals surface area (Å²) in [5.74, 6) is -0.711. The van der Waals surface area contributed by atoms with Gasteiger partial charge in [0.05, 0.1) is 9.83 Å². The van der Waals surface area contributed by atoms with Crippen molar-refractivity contribution in [3.63, 3.8) is 0 Å². The monoisotopic (exact) mass is 387 g/mol. The van der Waals surface area contributed by atoms with E-state index in [1.54, 1.807) is 6.92 Å². The van der Waals surface area contributed by atoms with Gasteiger partial charge < -0.3 is 5.11 Å². The Balaban J connectivity index is 2.48. The van der Waals surface area contributed by atoms with E-state index in [4.69, 9.17) is 12.2 Å². The summed E-state index contributed by atoms with van der Waals surface area (Å²) in [6, 6.07) is 2.28. The molecule has 0 saturated carbocycles. The van der Waals surface area contributed by atoms with Crippen molar-refractivity contribution < 1.29 is 14.8 Å². The first-order valence-electron chi connectivity index (χ1n) is 5.75. The van der Waals surface area contributed by atoms with Gasteiger partial charge in [0.25, 0.3) is 11.6 Å². The highest BCUT2D eigenvalue weighted by Gasteiger charge is 2.30. The molecule has 21 heavy (non-hydrogen) atoms. The maximum Gasteiger partial charge on any atom is 0.271 e. The van der Waals surface area contributed by atoms with Crippen LogP contribution in [0.1, 0.15) is 12.5 Å². The van der Waals surface area contributed by atoms with Crippen molar-refractivity contribution in [1.82, 2.24) is 4.90 Å². The van der Waals surface area contributed by atoms with E-state index >= 15 is 0 Å². The normalized spacial score (nSPS) is 16.9. The van der Waals surface area contributed by atoms with Crippen molar-refractivity contribution in [2.45, 2.75) is 6.92 Å². The van der Waals surface area contributed by atoms with E-state index in [0.29, 0.717) is 10.9 Å². The van der Waals surface area contributed by atoms with Crippen molar-refractivity contribution >= 4 is 61.9 Å². The molecule has 1 aromatic carbocycles. The number of thioether (sulfide) groups is 1. The van der Waals surface area contributed by atoms with E-state index in [1.165, 1.54) is 11.0 Å². The second-order valence-corrected chi connectivity index (χ2v) is 6.56. The number of rotatable bonds is 3. The van der Waals surface area contributed by atoms with Crippen molar-refractivity contribution in [3.8, 4) is 5.75 Å². The number of nitrogens with zero attached hydrogens (tertiary/aromatic N) is 2. The van der Waals surface area contributed by atoms with Crippen LogP contribution in [0.4, 0.5) is 5.69 Å². The van der Waals surface area contributed by atoms with Crippen LogP contribution in [0.5, 0.6) is 5.75 Å². The SMILES string of the molecule is CCN1C(=O)/C(=C\c2cc([N+](=O)[O-])cc(Br)c2[O-])SC1=S. The Morgan fingerprint density at radius 1 is 1.52 bits per heavy atom. The smallest absolute Gasteiger partial charge is 0.271 e. The van der Waals surface area contributed by atoms with Crippen molar-refractivity contribution in [2.24, 2.45) is 0 Å². The van der Waals surface area contributed by atoms with E-state index in [1.807, 2.05) is 0 Å². The minimum absolute atomic E-state index is 0.0766. The molecule has 0 bridgehead atoms. The fourth-order valence-corrected chi connectivity index (χ4v) is 3.56. The summed E-state index contributed by atoms with van der Waals surface area (Å²) in [4.78, 5) is 24.0. The Kier molecular flexibility index (Phi) is 4.64. The van der Waals surface area contributed by atoms with Crippen molar-refractivity contribution in [1.29, 1.82) is 0 Å². The lowest BCUT2D eigenvalue weighted by Crippen LogP contribution is -2.27. The van der Waals surface area contributed by atoms with E-state index in [9.17, 15) is 20.0 Å². The molecule has 0 unspecified atom stereocenters. The first kappa shape index (κ1) is 15.9. The molecule has 1 amide bonds. The summed E-state index contributed by atoms with van der Waals surface area (Å²) in [5.41, 5.74) is -0.147. The molecule has 0 N–H and O–H groups in total. The Bertz CT molecular complexity index is 690. The molecule has 1 fully saturated rings. The lowest BCUT2D eigenvalue weighted by atomic mass is 10.1. The first-order valence-corrected chi connectivity index (χ1v) is 7.77. The molecule has 0 atom stereocenters. The number of hydrogen-bond acceptors (Lipinski definition) is 6. The number of carbonyl (C=O) groups is 1. The minimum Gasteiger partial charge on any atom is -0.871 e. The molecule has 1 saturated heterocycles. The number of hydrogen-bond donors (Lipinski definition) is 0. The minimum atomic E-state index is -0.598. The first-order chi connectivity index (χ1) is 9.85. The van der Waals surface area contributed by atoms with Crippen LogP contribution in [0.2, 0.25) is 0 Å². The van der Waals surface area contributed by atoms with Gasteiger partial charge in [-0.25, -0.2) is 0 Å². The molecule has 1 aromatic rings. The van der Waals surface area contributed by atoms with Gasteiger partial charge >= 0.3 is 0 Å². The molecule has 6 nitrogen and oxygen atoms in total. The van der Waals surface area contributed by atoms with Crippen LogP contribution in [0, 0.1) is 10.1 Å². The highest BCUT2D eigenvalue weighted by Crippen LogP contribution is 2.36. The molecule has 0 radical (unpaired) electrons. The molecule has 1 heterocycles. The summed E-state index contributed by atoms with van der Waals surface area (Å²) < 4.78 is 0.486. The van der Waals surface area contributed by atoms with Gasteiger partial charge in [0.1, 0.15) is 4.32 Å². The number of nitro benzene ring substituents is 1. The molecule has 9 heteroatoms. The molecular weight excluding hydrogens is 380 g/mol. The number of benzene rings is 1. The second-order valence-electron chi connectivity index (χ2n) is 4.03. The lowest BCUT2D eigenvalue weighted by Gasteiger charge is -2.13. The number of nitro groups is 1. The Morgan fingerprint density at radius 3 is 2.71 bits per heavy atom. The van der Waals surface area contributed by atoms with Crippen LogP contribution in [0.15, 0.2) is 21.5 Å². The average Bonchev–Trinajstić information content (AvgIpc) is 2.68. The maximum atomic E-state index is 12.1. The Labute approximate surface area is 138 Å². The highest BCUT2D eigenvalue weighted by atomic mass is 79.9. The average molecular weight is 388 g/mol. The molecule has 0 aromatic heterocycles. The van der Waals surface area contributed by atoms with Crippen LogP contribution >= 0.6 is 39.9 Å². The third kappa shape index (κ3) is 3.09. The van der Waals surface area contributed by atoms with Crippen molar-refractivity contribution in [3.05, 3.63) is 37.2 Å². The van der Waals surface area contributed by atoms with E-state index in [-0.39, 0.29) is 26.5 Å². The summed E-state index contributed by atoms with van der Waals surface area (Å²) in [5, 5.41) is 22.8. The van der Waals surface area contributed by atoms with Crippen LogP contribution in [-0.4, -0.2) is 26.6 Å². The van der Waals surface area contributed by atoms with Gasteiger partial charge in [-0.2, -0.15) is 0 Å². The van der Waals surface area contributed by atoms with Crippen LogP contribution < -0.4 is 5.11 Å². The molecule has 1 aliphatic rings. The van der Waals surface area contributed by atoms with Crippen LogP contribution in [0.25, 0.3) is 6.08 Å². The third-order valence-corrected chi connectivity index (χ3v) is 4.71. The number of thiocarbonyl (C=S) groups is 1. The van der Waals surface area contributed by atoms with Gasteiger partial charge in [-0.1, -0.05) is 45.7 Å².